The van der Waals surface area contributed by atoms with Gasteiger partial charge in [-0.25, -0.2) is 4.98 Å². The van der Waals surface area contributed by atoms with E-state index in [1.54, 1.807) is 6.20 Å². The number of amides is 2. The molecular formula is C29H29N3O3. The monoisotopic (exact) mass is 467 g/mol. The summed E-state index contributed by atoms with van der Waals surface area (Å²) < 4.78 is 5.89. The van der Waals surface area contributed by atoms with Crippen LogP contribution in [0.4, 0.5) is 5.69 Å². The van der Waals surface area contributed by atoms with Crippen LogP contribution in [-0.4, -0.2) is 21.7 Å². The molecule has 4 rings (SSSR count). The average molecular weight is 468 g/mol. The third-order valence-electron chi connectivity index (χ3n) is 5.84. The summed E-state index contributed by atoms with van der Waals surface area (Å²) in [5.74, 6) is 1.10. The molecule has 178 valence electrons. The van der Waals surface area contributed by atoms with Gasteiger partial charge in [0.25, 0.3) is 0 Å². The normalized spacial score (nSPS) is 11.6. The van der Waals surface area contributed by atoms with Crippen molar-refractivity contribution in [1.29, 1.82) is 0 Å². The Balaban J connectivity index is 1.50. The Morgan fingerprint density at radius 1 is 0.971 bits per heavy atom. The Bertz CT molecular complexity index is 1270. The predicted octanol–water partition coefficient (Wildman–Crippen LogP) is 6.02. The van der Waals surface area contributed by atoms with Crippen LogP contribution in [0.5, 0.6) is 0 Å². The number of carbonyl (C=O) groups is 2. The number of carbonyl (C=O) groups excluding carboxylic acids is 2. The molecule has 6 nitrogen and oxygen atoms in total. The molecule has 0 radical (unpaired) electrons. The van der Waals surface area contributed by atoms with Crippen molar-refractivity contribution >= 4 is 17.5 Å². The number of anilines is 1. The molecule has 1 atom stereocenters. The van der Waals surface area contributed by atoms with Gasteiger partial charge in [0.05, 0.1) is 12.2 Å². The number of hydrogen-bond donors (Lipinski definition) is 1. The lowest BCUT2D eigenvalue weighted by Crippen LogP contribution is -2.33. The van der Waals surface area contributed by atoms with Crippen LogP contribution in [0.3, 0.4) is 0 Å². The SMILES string of the molecule is CC(=O)Nc1cccc(C(C)N(Cc2ccccc2)C(=O)CCc2ncc(-c3ccccc3)o2)c1. The first-order valence-electron chi connectivity index (χ1n) is 11.7. The number of hydrogen-bond acceptors (Lipinski definition) is 4. The highest BCUT2D eigenvalue weighted by atomic mass is 16.4. The first-order chi connectivity index (χ1) is 17.0. The Kier molecular flexibility index (Phi) is 7.73. The van der Waals surface area contributed by atoms with Crippen molar-refractivity contribution in [1.82, 2.24) is 9.88 Å². The van der Waals surface area contributed by atoms with Gasteiger partial charge >= 0.3 is 0 Å². The molecule has 4 aromatic rings. The Morgan fingerprint density at radius 3 is 2.40 bits per heavy atom. The van der Waals surface area contributed by atoms with Crippen molar-refractivity contribution in [3.8, 4) is 11.3 Å². The summed E-state index contributed by atoms with van der Waals surface area (Å²) >= 11 is 0. The van der Waals surface area contributed by atoms with Gasteiger partial charge in [-0.1, -0.05) is 72.8 Å². The summed E-state index contributed by atoms with van der Waals surface area (Å²) in [5, 5.41) is 2.82. The summed E-state index contributed by atoms with van der Waals surface area (Å²) in [4.78, 5) is 31.2. The second-order valence-corrected chi connectivity index (χ2v) is 8.47. The molecule has 1 unspecified atom stereocenters. The fraction of sp³-hybridized carbons (Fsp3) is 0.207. The van der Waals surface area contributed by atoms with Crippen molar-refractivity contribution in [2.45, 2.75) is 39.3 Å². The summed E-state index contributed by atoms with van der Waals surface area (Å²) in [7, 11) is 0. The molecule has 0 spiro atoms. The number of aromatic nitrogens is 1. The maximum Gasteiger partial charge on any atom is 0.223 e. The molecule has 0 aliphatic rings. The van der Waals surface area contributed by atoms with Crippen LogP contribution in [0, 0.1) is 0 Å². The molecule has 0 bridgehead atoms. The summed E-state index contributed by atoms with van der Waals surface area (Å²) in [6.07, 6.45) is 2.39. The Hall–Kier alpha value is -4.19. The molecule has 0 saturated heterocycles. The maximum atomic E-state index is 13.5. The molecule has 0 fully saturated rings. The van der Waals surface area contributed by atoms with Gasteiger partial charge in [0.1, 0.15) is 0 Å². The van der Waals surface area contributed by atoms with E-state index >= 15 is 0 Å². The minimum Gasteiger partial charge on any atom is -0.441 e. The fourth-order valence-corrected chi connectivity index (χ4v) is 4.00. The number of oxazole rings is 1. The van der Waals surface area contributed by atoms with Gasteiger partial charge in [0, 0.05) is 37.6 Å². The lowest BCUT2D eigenvalue weighted by molar-refractivity contribution is -0.134. The van der Waals surface area contributed by atoms with Crippen LogP contribution in [0.2, 0.25) is 0 Å². The second kappa shape index (κ2) is 11.3. The number of benzene rings is 3. The number of nitrogens with one attached hydrogen (secondary N) is 1. The van der Waals surface area contributed by atoms with Crippen LogP contribution in [0.15, 0.2) is 95.5 Å². The molecule has 0 aliphatic carbocycles. The van der Waals surface area contributed by atoms with Gasteiger partial charge in [-0.3, -0.25) is 9.59 Å². The molecule has 35 heavy (non-hydrogen) atoms. The van der Waals surface area contributed by atoms with Crippen molar-refractivity contribution in [2.24, 2.45) is 0 Å². The van der Waals surface area contributed by atoms with E-state index < -0.39 is 0 Å². The number of rotatable bonds is 9. The van der Waals surface area contributed by atoms with E-state index in [1.165, 1.54) is 6.92 Å². The molecule has 3 aromatic carbocycles. The van der Waals surface area contributed by atoms with E-state index in [1.807, 2.05) is 96.8 Å². The van der Waals surface area contributed by atoms with Crippen molar-refractivity contribution in [3.63, 3.8) is 0 Å². The zero-order chi connectivity index (χ0) is 24.6. The van der Waals surface area contributed by atoms with Crippen LogP contribution in [-0.2, 0) is 22.6 Å². The maximum absolute atomic E-state index is 13.5. The Labute approximate surface area is 205 Å². The zero-order valence-corrected chi connectivity index (χ0v) is 20.0. The molecule has 6 heteroatoms. The molecular weight excluding hydrogens is 438 g/mol. The highest BCUT2D eigenvalue weighted by Gasteiger charge is 2.23. The van der Waals surface area contributed by atoms with Gasteiger partial charge in [0.2, 0.25) is 11.8 Å². The largest absolute Gasteiger partial charge is 0.441 e. The molecule has 1 heterocycles. The van der Waals surface area contributed by atoms with Gasteiger partial charge in [-0.15, -0.1) is 0 Å². The van der Waals surface area contributed by atoms with Crippen LogP contribution in [0.25, 0.3) is 11.3 Å². The Morgan fingerprint density at radius 2 is 1.69 bits per heavy atom. The van der Waals surface area contributed by atoms with E-state index in [9.17, 15) is 9.59 Å². The van der Waals surface area contributed by atoms with E-state index in [4.69, 9.17) is 4.42 Å². The van der Waals surface area contributed by atoms with Crippen molar-refractivity contribution < 1.29 is 14.0 Å². The summed E-state index contributed by atoms with van der Waals surface area (Å²) in [5.41, 5.74) is 3.66. The molecule has 1 N–H and O–H groups in total. The van der Waals surface area contributed by atoms with E-state index in [0.717, 1.165) is 16.7 Å². The van der Waals surface area contributed by atoms with Crippen molar-refractivity contribution in [2.75, 3.05) is 5.32 Å². The van der Waals surface area contributed by atoms with Crippen LogP contribution < -0.4 is 5.32 Å². The third kappa shape index (κ3) is 6.44. The number of aryl methyl sites for hydroxylation is 1. The highest BCUT2D eigenvalue weighted by Crippen LogP contribution is 2.26. The molecule has 0 aliphatic heterocycles. The predicted molar refractivity (Wildman–Crippen MR) is 136 cm³/mol. The third-order valence-corrected chi connectivity index (χ3v) is 5.84. The quantitative estimate of drug-likeness (QED) is 0.326. The molecule has 2 amide bonds. The standard InChI is InChI=1S/C29H29N3O3/c1-21(25-14-9-15-26(18-25)31-22(2)33)32(20-23-10-5-3-6-11-23)29(34)17-16-28-30-19-27(35-28)24-12-7-4-8-13-24/h3-15,18-19,21H,16-17,20H2,1-2H3,(H,31,33). The molecule has 0 saturated carbocycles. The van der Waals surface area contributed by atoms with Gasteiger partial charge < -0.3 is 14.6 Å². The summed E-state index contributed by atoms with van der Waals surface area (Å²) in [6, 6.07) is 27.1. The lowest BCUT2D eigenvalue weighted by Gasteiger charge is -2.30. The van der Waals surface area contributed by atoms with Gasteiger partial charge in [-0.2, -0.15) is 0 Å². The van der Waals surface area contributed by atoms with Gasteiger partial charge in [0.15, 0.2) is 11.7 Å². The van der Waals surface area contributed by atoms with E-state index in [-0.39, 0.29) is 24.3 Å². The fourth-order valence-electron chi connectivity index (χ4n) is 4.00. The number of nitrogens with zero attached hydrogens (tertiary/aromatic N) is 2. The van der Waals surface area contributed by atoms with Crippen LogP contribution >= 0.6 is 0 Å². The average Bonchev–Trinajstić information content (AvgIpc) is 3.35. The minimum atomic E-state index is -0.194. The minimum absolute atomic E-state index is 0.00532. The first kappa shape index (κ1) is 24.0. The molecule has 1 aromatic heterocycles. The van der Waals surface area contributed by atoms with Crippen molar-refractivity contribution in [3.05, 3.63) is 108 Å². The topological polar surface area (TPSA) is 75.4 Å². The first-order valence-corrected chi connectivity index (χ1v) is 11.7. The highest BCUT2D eigenvalue weighted by molar-refractivity contribution is 5.88. The van der Waals surface area contributed by atoms with Crippen LogP contribution in [0.1, 0.15) is 43.3 Å². The van der Waals surface area contributed by atoms with E-state index in [0.29, 0.717) is 30.3 Å². The smallest absolute Gasteiger partial charge is 0.223 e. The second-order valence-electron chi connectivity index (χ2n) is 8.47. The zero-order valence-electron chi connectivity index (χ0n) is 20.0. The van der Waals surface area contributed by atoms with E-state index in [2.05, 4.69) is 10.3 Å². The van der Waals surface area contributed by atoms with Gasteiger partial charge in [-0.05, 0) is 30.2 Å². The summed E-state index contributed by atoms with van der Waals surface area (Å²) in [6.45, 7) is 3.96. The lowest BCUT2D eigenvalue weighted by atomic mass is 10.0.